The summed E-state index contributed by atoms with van der Waals surface area (Å²) in [7, 11) is 0. The van der Waals surface area contributed by atoms with Crippen LogP contribution in [0.25, 0.3) is 6.08 Å². The van der Waals surface area contributed by atoms with Gasteiger partial charge in [-0.2, -0.15) is 0 Å². The average molecular weight is 255 g/mol. The fourth-order valence-corrected chi connectivity index (χ4v) is 1.71. The van der Waals surface area contributed by atoms with E-state index >= 15 is 0 Å². The van der Waals surface area contributed by atoms with Gasteiger partial charge in [-0.3, -0.25) is 4.79 Å². The van der Waals surface area contributed by atoms with E-state index in [-0.39, 0.29) is 5.91 Å². The van der Waals surface area contributed by atoms with Gasteiger partial charge in [0.25, 0.3) is 0 Å². The fourth-order valence-electron chi connectivity index (χ4n) is 1.71. The third kappa shape index (κ3) is 4.84. The summed E-state index contributed by atoms with van der Waals surface area (Å²) in [5.74, 6) is 0.879. The van der Waals surface area contributed by atoms with Gasteiger partial charge >= 0.3 is 0 Å². The molecule has 0 saturated carbocycles. The van der Waals surface area contributed by atoms with Crippen LogP contribution in [-0.2, 0) is 11.2 Å². The predicted octanol–water partition coefficient (Wildman–Crippen LogP) is 3.04. The van der Waals surface area contributed by atoms with Crippen LogP contribution in [0.15, 0.2) is 59.2 Å². The molecule has 0 spiro atoms. The molecule has 2 rings (SSSR count). The Bertz CT molecular complexity index is 515. The number of nitrogens with one attached hydrogen (secondary N) is 1. The van der Waals surface area contributed by atoms with E-state index < -0.39 is 0 Å². The van der Waals surface area contributed by atoms with Crippen LogP contribution < -0.4 is 5.32 Å². The van der Waals surface area contributed by atoms with Gasteiger partial charge in [-0.15, -0.1) is 0 Å². The highest BCUT2D eigenvalue weighted by Crippen LogP contribution is 2.03. The number of carbonyl (C=O) groups is 1. The number of aryl methyl sites for hydroxylation is 1. The Labute approximate surface area is 112 Å². The number of hydrogen-bond donors (Lipinski definition) is 1. The minimum atomic E-state index is 0.0362. The molecule has 0 aliphatic rings. The van der Waals surface area contributed by atoms with Crippen LogP contribution >= 0.6 is 0 Å². The zero-order valence-corrected chi connectivity index (χ0v) is 10.7. The first-order chi connectivity index (χ1) is 9.34. The number of amides is 1. The fraction of sp³-hybridized carbons (Fsp3) is 0.188. The minimum absolute atomic E-state index is 0.0362. The number of benzene rings is 1. The highest BCUT2D eigenvalue weighted by molar-refractivity contribution is 5.76. The maximum Gasteiger partial charge on any atom is 0.220 e. The second-order valence-electron chi connectivity index (χ2n) is 4.20. The van der Waals surface area contributed by atoms with E-state index in [1.54, 1.807) is 6.26 Å². The monoisotopic (exact) mass is 255 g/mol. The van der Waals surface area contributed by atoms with E-state index in [1.165, 1.54) is 0 Å². The molecule has 0 bridgehead atoms. The van der Waals surface area contributed by atoms with Crippen LogP contribution in [-0.4, -0.2) is 12.5 Å². The molecule has 0 fully saturated rings. The van der Waals surface area contributed by atoms with Crippen molar-refractivity contribution >= 4 is 12.0 Å². The molecule has 1 amide bonds. The van der Waals surface area contributed by atoms with Crippen molar-refractivity contribution in [1.29, 1.82) is 0 Å². The molecular formula is C16H17NO2. The molecule has 3 heteroatoms. The molecule has 1 N–H and O–H groups in total. The van der Waals surface area contributed by atoms with Gasteiger partial charge in [0, 0.05) is 19.4 Å². The molecule has 0 radical (unpaired) electrons. The molecule has 0 aliphatic carbocycles. The van der Waals surface area contributed by atoms with E-state index in [4.69, 9.17) is 4.42 Å². The summed E-state index contributed by atoms with van der Waals surface area (Å²) in [4.78, 5) is 11.6. The number of rotatable bonds is 6. The summed E-state index contributed by atoms with van der Waals surface area (Å²) >= 11 is 0. The molecule has 3 nitrogen and oxygen atoms in total. The van der Waals surface area contributed by atoms with Crippen LogP contribution in [0, 0.1) is 0 Å². The Morgan fingerprint density at radius 2 is 2.00 bits per heavy atom. The van der Waals surface area contributed by atoms with Gasteiger partial charge in [0.2, 0.25) is 5.91 Å². The van der Waals surface area contributed by atoms with Crippen molar-refractivity contribution in [2.24, 2.45) is 0 Å². The molecule has 1 aromatic carbocycles. The Kier molecular flexibility index (Phi) is 4.99. The van der Waals surface area contributed by atoms with Crippen molar-refractivity contribution in [3.8, 4) is 0 Å². The molecule has 98 valence electrons. The van der Waals surface area contributed by atoms with Crippen LogP contribution in [0.5, 0.6) is 0 Å². The minimum Gasteiger partial charge on any atom is -0.469 e. The summed E-state index contributed by atoms with van der Waals surface area (Å²) in [6, 6.07) is 13.7. The highest BCUT2D eigenvalue weighted by Gasteiger charge is 2.02. The van der Waals surface area contributed by atoms with Crippen molar-refractivity contribution in [2.75, 3.05) is 6.54 Å². The summed E-state index contributed by atoms with van der Waals surface area (Å²) in [5.41, 5.74) is 1.13. The lowest BCUT2D eigenvalue weighted by molar-refractivity contribution is -0.120. The lowest BCUT2D eigenvalue weighted by Crippen LogP contribution is -2.23. The van der Waals surface area contributed by atoms with Gasteiger partial charge in [-0.1, -0.05) is 42.5 Å². The first-order valence-electron chi connectivity index (χ1n) is 6.35. The molecule has 1 aromatic heterocycles. The van der Waals surface area contributed by atoms with E-state index in [2.05, 4.69) is 5.32 Å². The Morgan fingerprint density at radius 1 is 1.16 bits per heavy atom. The Morgan fingerprint density at radius 3 is 2.74 bits per heavy atom. The highest BCUT2D eigenvalue weighted by atomic mass is 16.3. The van der Waals surface area contributed by atoms with Crippen LogP contribution in [0.2, 0.25) is 0 Å². The molecule has 0 saturated heterocycles. The second kappa shape index (κ2) is 7.21. The average Bonchev–Trinajstić information content (AvgIpc) is 2.96. The lowest BCUT2D eigenvalue weighted by Gasteiger charge is -2.00. The molecule has 0 aliphatic heterocycles. The quantitative estimate of drug-likeness (QED) is 0.862. The molecule has 1 heterocycles. The second-order valence-corrected chi connectivity index (χ2v) is 4.20. The number of carbonyl (C=O) groups excluding carboxylic acids is 1. The maximum atomic E-state index is 11.6. The molecule has 0 atom stereocenters. The first-order valence-corrected chi connectivity index (χ1v) is 6.35. The van der Waals surface area contributed by atoms with E-state index in [0.29, 0.717) is 19.4 Å². The van der Waals surface area contributed by atoms with Gasteiger partial charge in [0.05, 0.1) is 6.26 Å². The number of furan rings is 1. The summed E-state index contributed by atoms with van der Waals surface area (Å²) in [6.07, 6.45) is 6.65. The smallest absolute Gasteiger partial charge is 0.220 e. The van der Waals surface area contributed by atoms with E-state index in [9.17, 15) is 4.79 Å². The topological polar surface area (TPSA) is 42.2 Å². The van der Waals surface area contributed by atoms with Crippen molar-refractivity contribution < 1.29 is 9.21 Å². The van der Waals surface area contributed by atoms with Gasteiger partial charge < -0.3 is 9.73 Å². The summed E-state index contributed by atoms with van der Waals surface area (Å²) < 4.78 is 5.17. The van der Waals surface area contributed by atoms with Crippen molar-refractivity contribution in [1.82, 2.24) is 5.32 Å². The zero-order valence-electron chi connectivity index (χ0n) is 10.7. The zero-order chi connectivity index (χ0) is 13.3. The van der Waals surface area contributed by atoms with E-state index in [1.807, 2.05) is 54.6 Å². The third-order valence-corrected chi connectivity index (χ3v) is 2.71. The first kappa shape index (κ1) is 13.1. The number of hydrogen-bond acceptors (Lipinski definition) is 2. The van der Waals surface area contributed by atoms with Gasteiger partial charge in [-0.05, 0) is 17.7 Å². The van der Waals surface area contributed by atoms with Crippen LogP contribution in [0.3, 0.4) is 0 Å². The summed E-state index contributed by atoms with van der Waals surface area (Å²) in [5, 5.41) is 2.85. The normalized spacial score (nSPS) is 10.7. The molecule has 0 unspecified atom stereocenters. The molecular weight excluding hydrogens is 238 g/mol. The summed E-state index contributed by atoms with van der Waals surface area (Å²) in [6.45, 7) is 0.548. The van der Waals surface area contributed by atoms with Gasteiger partial charge in [-0.25, -0.2) is 0 Å². The van der Waals surface area contributed by atoms with Crippen LogP contribution in [0.4, 0.5) is 0 Å². The van der Waals surface area contributed by atoms with E-state index in [0.717, 1.165) is 11.3 Å². The third-order valence-electron chi connectivity index (χ3n) is 2.71. The molecule has 2 aromatic rings. The van der Waals surface area contributed by atoms with Crippen molar-refractivity contribution in [3.63, 3.8) is 0 Å². The Hall–Kier alpha value is -2.29. The van der Waals surface area contributed by atoms with Gasteiger partial charge in [0.1, 0.15) is 5.76 Å². The maximum absolute atomic E-state index is 11.6. The van der Waals surface area contributed by atoms with Crippen molar-refractivity contribution in [2.45, 2.75) is 12.8 Å². The lowest BCUT2D eigenvalue weighted by atomic mass is 10.2. The largest absolute Gasteiger partial charge is 0.469 e. The SMILES string of the molecule is O=C(CCc1ccco1)NC/C=C\c1ccccc1. The molecule has 19 heavy (non-hydrogen) atoms. The van der Waals surface area contributed by atoms with Crippen molar-refractivity contribution in [3.05, 3.63) is 66.1 Å². The van der Waals surface area contributed by atoms with Gasteiger partial charge in [0.15, 0.2) is 0 Å². The van der Waals surface area contributed by atoms with Crippen LogP contribution in [0.1, 0.15) is 17.7 Å². The standard InChI is InChI=1S/C16H17NO2/c18-16(11-10-15-9-5-13-19-15)17-12-4-8-14-6-2-1-3-7-14/h1-9,13H,10-12H2,(H,17,18)/b8-4-. The predicted molar refractivity (Wildman–Crippen MR) is 75.5 cm³/mol. The Balaban J connectivity index is 1.65.